The quantitative estimate of drug-likeness (QED) is 0.710. The van der Waals surface area contributed by atoms with Crippen molar-refractivity contribution < 1.29 is 5.11 Å². The van der Waals surface area contributed by atoms with Gasteiger partial charge >= 0.3 is 0 Å². The minimum absolute atomic E-state index is 0.0587. The molecule has 1 unspecified atom stereocenters. The molecule has 1 saturated heterocycles. The summed E-state index contributed by atoms with van der Waals surface area (Å²) < 4.78 is 0. The number of nitrogens with zero attached hydrogens (tertiary/aromatic N) is 2. The van der Waals surface area contributed by atoms with Crippen LogP contribution in [0, 0.1) is 0 Å². The summed E-state index contributed by atoms with van der Waals surface area (Å²) in [5.74, 6) is 0. The molecule has 0 radical (unpaired) electrons. The van der Waals surface area contributed by atoms with Crippen LogP contribution in [0.4, 0.5) is 0 Å². The van der Waals surface area contributed by atoms with Crippen LogP contribution in [-0.2, 0) is 0 Å². The van der Waals surface area contributed by atoms with Crippen molar-refractivity contribution in [3.8, 4) is 0 Å². The molecule has 0 aromatic heterocycles. The lowest BCUT2D eigenvalue weighted by Crippen LogP contribution is -2.51. The van der Waals surface area contributed by atoms with Crippen molar-refractivity contribution in [2.45, 2.75) is 58.5 Å². The second-order valence-corrected chi connectivity index (χ2v) is 6.38. The third-order valence-electron chi connectivity index (χ3n) is 4.83. The Labute approximate surface area is 125 Å². The van der Waals surface area contributed by atoms with Gasteiger partial charge in [-0.1, -0.05) is 13.8 Å². The molecule has 0 amide bonds. The van der Waals surface area contributed by atoms with Gasteiger partial charge in [-0.25, -0.2) is 0 Å². The summed E-state index contributed by atoms with van der Waals surface area (Å²) in [5, 5.41) is 13.5. The number of hydrogen-bond donors (Lipinski definition) is 2. The number of rotatable bonds is 8. The average molecular weight is 285 g/mol. The fourth-order valence-corrected chi connectivity index (χ4v) is 3.14. The van der Waals surface area contributed by atoms with Gasteiger partial charge in [0.1, 0.15) is 0 Å². The number of likely N-dealkylation sites (tertiary alicyclic amines) is 1. The van der Waals surface area contributed by atoms with Gasteiger partial charge in [0.25, 0.3) is 0 Å². The van der Waals surface area contributed by atoms with E-state index < -0.39 is 0 Å². The molecule has 0 aliphatic carbocycles. The molecule has 120 valence electrons. The molecule has 1 heterocycles. The zero-order valence-corrected chi connectivity index (χ0v) is 14.0. The van der Waals surface area contributed by atoms with Crippen LogP contribution in [0.3, 0.4) is 0 Å². The first kappa shape index (κ1) is 17.9. The highest BCUT2D eigenvalue weighted by Crippen LogP contribution is 2.23. The minimum atomic E-state index is -0.0587. The third kappa shape index (κ3) is 5.32. The van der Waals surface area contributed by atoms with E-state index in [9.17, 15) is 5.11 Å². The van der Waals surface area contributed by atoms with Gasteiger partial charge in [0.15, 0.2) is 0 Å². The van der Waals surface area contributed by atoms with Crippen molar-refractivity contribution in [3.63, 3.8) is 0 Å². The summed E-state index contributed by atoms with van der Waals surface area (Å²) in [4.78, 5) is 4.96. The van der Waals surface area contributed by atoms with Gasteiger partial charge in [-0.15, -0.1) is 0 Å². The molecule has 4 nitrogen and oxygen atoms in total. The molecular formula is C16H35N3O. The number of aliphatic hydroxyl groups is 1. The van der Waals surface area contributed by atoms with Crippen LogP contribution in [0.1, 0.15) is 47.0 Å². The smallest absolute Gasteiger partial charge is 0.0613 e. The van der Waals surface area contributed by atoms with Crippen LogP contribution in [0.25, 0.3) is 0 Å². The Hall–Kier alpha value is -0.160. The van der Waals surface area contributed by atoms with E-state index in [0.29, 0.717) is 6.04 Å². The van der Waals surface area contributed by atoms with Crippen molar-refractivity contribution in [2.75, 3.05) is 45.9 Å². The van der Waals surface area contributed by atoms with E-state index in [0.717, 1.165) is 52.1 Å². The molecule has 1 aliphatic heterocycles. The van der Waals surface area contributed by atoms with Gasteiger partial charge in [0, 0.05) is 31.2 Å². The molecule has 2 N–H and O–H groups in total. The Morgan fingerprint density at radius 2 is 1.90 bits per heavy atom. The second-order valence-electron chi connectivity index (χ2n) is 6.38. The van der Waals surface area contributed by atoms with E-state index in [1.54, 1.807) is 0 Å². The third-order valence-corrected chi connectivity index (χ3v) is 4.83. The SMILES string of the molecule is CCN(CC)CCNC1(CO)CCCN(C(C)C)CC1. The maximum atomic E-state index is 9.88. The maximum absolute atomic E-state index is 9.88. The molecule has 0 bridgehead atoms. The molecule has 1 fully saturated rings. The summed E-state index contributed by atoms with van der Waals surface area (Å²) >= 11 is 0. The highest BCUT2D eigenvalue weighted by molar-refractivity contribution is 4.91. The Morgan fingerprint density at radius 3 is 2.45 bits per heavy atom. The molecule has 0 aromatic rings. The molecule has 1 rings (SSSR count). The van der Waals surface area contributed by atoms with Crippen molar-refractivity contribution in [1.82, 2.24) is 15.1 Å². The summed E-state index contributed by atoms with van der Waals surface area (Å²) in [6, 6.07) is 0.611. The summed E-state index contributed by atoms with van der Waals surface area (Å²) in [7, 11) is 0. The van der Waals surface area contributed by atoms with E-state index in [1.165, 1.54) is 6.42 Å². The van der Waals surface area contributed by atoms with E-state index >= 15 is 0 Å². The molecule has 1 atom stereocenters. The van der Waals surface area contributed by atoms with Crippen molar-refractivity contribution in [1.29, 1.82) is 0 Å². The van der Waals surface area contributed by atoms with Crippen LogP contribution in [-0.4, -0.2) is 72.4 Å². The monoisotopic (exact) mass is 285 g/mol. The molecule has 0 spiro atoms. The molecule has 0 saturated carbocycles. The van der Waals surface area contributed by atoms with Gasteiger partial charge in [-0.2, -0.15) is 0 Å². The van der Waals surface area contributed by atoms with E-state index in [4.69, 9.17) is 0 Å². The molecule has 1 aliphatic rings. The molecule has 0 aromatic carbocycles. The lowest BCUT2D eigenvalue weighted by Gasteiger charge is -2.33. The standard InChI is InChI=1S/C16H35N3O/c1-5-18(6-2)13-10-17-16(14-20)8-7-11-19(12-9-16)15(3)4/h15,17,20H,5-14H2,1-4H3. The fraction of sp³-hybridized carbons (Fsp3) is 1.00. The Bertz CT molecular complexity index is 256. The van der Waals surface area contributed by atoms with Gasteiger partial charge in [0.2, 0.25) is 0 Å². The summed E-state index contributed by atoms with van der Waals surface area (Å²) in [5.41, 5.74) is -0.0587. The number of nitrogens with one attached hydrogen (secondary N) is 1. The Morgan fingerprint density at radius 1 is 1.20 bits per heavy atom. The topological polar surface area (TPSA) is 38.7 Å². The van der Waals surface area contributed by atoms with Gasteiger partial charge in [0.05, 0.1) is 6.61 Å². The first-order valence-electron chi connectivity index (χ1n) is 8.39. The zero-order chi connectivity index (χ0) is 15.0. The van der Waals surface area contributed by atoms with Crippen LogP contribution in [0.2, 0.25) is 0 Å². The highest BCUT2D eigenvalue weighted by atomic mass is 16.3. The first-order valence-corrected chi connectivity index (χ1v) is 8.39. The summed E-state index contributed by atoms with van der Waals surface area (Å²) in [6.07, 6.45) is 3.32. The van der Waals surface area contributed by atoms with Gasteiger partial charge in [-0.3, -0.25) is 0 Å². The van der Waals surface area contributed by atoms with Crippen LogP contribution >= 0.6 is 0 Å². The first-order chi connectivity index (χ1) is 9.56. The largest absolute Gasteiger partial charge is 0.394 e. The highest BCUT2D eigenvalue weighted by Gasteiger charge is 2.31. The predicted molar refractivity (Wildman–Crippen MR) is 86.2 cm³/mol. The summed E-state index contributed by atoms with van der Waals surface area (Å²) in [6.45, 7) is 15.7. The van der Waals surface area contributed by atoms with E-state index in [1.807, 2.05) is 0 Å². The average Bonchev–Trinajstić information content (AvgIpc) is 2.67. The van der Waals surface area contributed by atoms with Crippen molar-refractivity contribution in [2.24, 2.45) is 0 Å². The van der Waals surface area contributed by atoms with Gasteiger partial charge in [-0.05, 0) is 52.7 Å². The Kier molecular flexibility index (Phi) is 8.03. The number of likely N-dealkylation sites (N-methyl/N-ethyl adjacent to an activating group) is 1. The molecular weight excluding hydrogens is 250 g/mol. The molecule has 20 heavy (non-hydrogen) atoms. The Balaban J connectivity index is 2.46. The van der Waals surface area contributed by atoms with Crippen molar-refractivity contribution >= 4 is 0 Å². The van der Waals surface area contributed by atoms with Crippen LogP contribution in [0.5, 0.6) is 0 Å². The maximum Gasteiger partial charge on any atom is 0.0613 e. The predicted octanol–water partition coefficient (Wildman–Crippen LogP) is 1.54. The fourth-order valence-electron chi connectivity index (χ4n) is 3.14. The van der Waals surface area contributed by atoms with E-state index in [2.05, 4.69) is 42.8 Å². The van der Waals surface area contributed by atoms with Crippen LogP contribution < -0.4 is 5.32 Å². The number of hydrogen-bond acceptors (Lipinski definition) is 4. The van der Waals surface area contributed by atoms with Crippen molar-refractivity contribution in [3.05, 3.63) is 0 Å². The minimum Gasteiger partial charge on any atom is -0.394 e. The van der Waals surface area contributed by atoms with Crippen LogP contribution in [0.15, 0.2) is 0 Å². The van der Waals surface area contributed by atoms with Gasteiger partial charge < -0.3 is 20.2 Å². The van der Waals surface area contributed by atoms with E-state index in [-0.39, 0.29) is 12.1 Å². The second kappa shape index (κ2) is 8.98. The lowest BCUT2D eigenvalue weighted by atomic mass is 9.91. The number of aliphatic hydroxyl groups excluding tert-OH is 1. The lowest BCUT2D eigenvalue weighted by molar-refractivity contribution is 0.135. The molecule has 4 heteroatoms. The normalized spacial score (nSPS) is 25.4. The zero-order valence-electron chi connectivity index (χ0n) is 14.0.